The van der Waals surface area contributed by atoms with Crippen LogP contribution >= 0.6 is 0 Å². The standard InChI is InChI=1S/C22H20N4O3/c1-13-21(27)24-18-11-15(9-10-20(18)29-13)23-22(28)19-12-17(14-7-8-14)25-26(19)16-5-3-2-4-6-16/h2-6,9-14H,7-8H2,1H3,(H,23,28)(H,24,27)/t13-/m1/s1. The maximum atomic E-state index is 13.1. The summed E-state index contributed by atoms with van der Waals surface area (Å²) in [4.78, 5) is 24.9. The van der Waals surface area contributed by atoms with Crippen molar-refractivity contribution in [2.24, 2.45) is 0 Å². The third-order valence-electron chi connectivity index (χ3n) is 5.13. The zero-order chi connectivity index (χ0) is 20.0. The lowest BCUT2D eigenvalue weighted by atomic mass is 10.2. The molecule has 7 heteroatoms. The second-order valence-corrected chi connectivity index (χ2v) is 7.39. The number of nitrogens with one attached hydrogen (secondary N) is 2. The van der Waals surface area contributed by atoms with Crippen LogP contribution in [0.15, 0.2) is 54.6 Å². The third-order valence-corrected chi connectivity index (χ3v) is 5.13. The highest BCUT2D eigenvalue weighted by atomic mass is 16.5. The average Bonchev–Trinajstić information content (AvgIpc) is 3.48. The molecule has 0 saturated heterocycles. The number of rotatable bonds is 4. The number of aromatic nitrogens is 2. The normalized spacial score (nSPS) is 17.8. The molecule has 1 fully saturated rings. The Morgan fingerprint density at radius 2 is 1.97 bits per heavy atom. The van der Waals surface area contributed by atoms with Gasteiger partial charge >= 0.3 is 0 Å². The van der Waals surface area contributed by atoms with Crippen LogP contribution in [0.2, 0.25) is 0 Å². The van der Waals surface area contributed by atoms with E-state index in [1.807, 2.05) is 36.4 Å². The highest BCUT2D eigenvalue weighted by Crippen LogP contribution is 2.40. The van der Waals surface area contributed by atoms with E-state index in [0.717, 1.165) is 24.2 Å². The van der Waals surface area contributed by atoms with Crippen LogP contribution in [0, 0.1) is 0 Å². The molecule has 2 amide bonds. The highest BCUT2D eigenvalue weighted by Gasteiger charge is 2.29. The maximum Gasteiger partial charge on any atom is 0.274 e. The van der Waals surface area contributed by atoms with Crippen LogP contribution < -0.4 is 15.4 Å². The molecule has 29 heavy (non-hydrogen) atoms. The SMILES string of the molecule is C[C@H]1Oc2ccc(NC(=O)c3cc(C4CC4)nn3-c3ccccc3)cc2NC1=O. The van der Waals surface area contributed by atoms with Gasteiger partial charge in [-0.1, -0.05) is 18.2 Å². The van der Waals surface area contributed by atoms with Crippen molar-refractivity contribution in [1.29, 1.82) is 0 Å². The first-order chi connectivity index (χ1) is 14.1. The number of carbonyl (C=O) groups excluding carboxylic acids is 2. The van der Waals surface area contributed by atoms with E-state index in [4.69, 9.17) is 4.74 Å². The van der Waals surface area contributed by atoms with E-state index in [1.54, 1.807) is 29.8 Å². The molecular formula is C22H20N4O3. The molecule has 7 nitrogen and oxygen atoms in total. The van der Waals surface area contributed by atoms with E-state index < -0.39 is 6.10 Å². The summed E-state index contributed by atoms with van der Waals surface area (Å²) in [5.41, 5.74) is 3.37. The van der Waals surface area contributed by atoms with Gasteiger partial charge in [-0.25, -0.2) is 4.68 Å². The summed E-state index contributed by atoms with van der Waals surface area (Å²) in [6.07, 6.45) is 1.68. The first-order valence-electron chi connectivity index (χ1n) is 9.67. The molecule has 2 heterocycles. The number of carbonyl (C=O) groups is 2. The minimum Gasteiger partial charge on any atom is -0.479 e. The molecule has 3 aromatic rings. The molecule has 0 radical (unpaired) electrons. The first kappa shape index (κ1) is 17.5. The van der Waals surface area contributed by atoms with Crippen LogP contribution in [0.5, 0.6) is 5.75 Å². The molecule has 1 aliphatic carbocycles. The molecule has 2 aliphatic rings. The van der Waals surface area contributed by atoms with Crippen LogP contribution in [-0.2, 0) is 4.79 Å². The van der Waals surface area contributed by atoms with Gasteiger partial charge in [-0.05, 0) is 56.2 Å². The topological polar surface area (TPSA) is 85.2 Å². The predicted molar refractivity (Wildman–Crippen MR) is 109 cm³/mol. The Balaban J connectivity index is 1.44. The third kappa shape index (κ3) is 3.35. The Morgan fingerprint density at radius 3 is 2.72 bits per heavy atom. The lowest BCUT2D eigenvalue weighted by Gasteiger charge is -2.23. The Labute approximate surface area is 167 Å². The maximum absolute atomic E-state index is 13.1. The van der Waals surface area contributed by atoms with Gasteiger partial charge in [-0.2, -0.15) is 5.10 Å². The summed E-state index contributed by atoms with van der Waals surface area (Å²) in [6, 6.07) is 16.7. The van der Waals surface area contributed by atoms with E-state index in [0.29, 0.717) is 28.7 Å². The first-order valence-corrected chi connectivity index (χ1v) is 9.67. The van der Waals surface area contributed by atoms with Crippen molar-refractivity contribution in [2.45, 2.75) is 31.8 Å². The Bertz CT molecular complexity index is 1100. The number of amides is 2. The number of benzene rings is 2. The smallest absolute Gasteiger partial charge is 0.274 e. The van der Waals surface area contributed by atoms with Crippen molar-refractivity contribution in [3.63, 3.8) is 0 Å². The molecule has 1 aromatic heterocycles. The molecule has 1 saturated carbocycles. The number of nitrogens with zero attached hydrogens (tertiary/aromatic N) is 2. The van der Waals surface area contributed by atoms with E-state index in [2.05, 4.69) is 15.7 Å². The fourth-order valence-corrected chi connectivity index (χ4v) is 3.39. The molecule has 2 aromatic carbocycles. The van der Waals surface area contributed by atoms with Crippen LogP contribution in [0.4, 0.5) is 11.4 Å². The fourth-order valence-electron chi connectivity index (χ4n) is 3.39. The van der Waals surface area contributed by atoms with Crippen LogP contribution in [0.25, 0.3) is 5.69 Å². The molecule has 1 atom stereocenters. The van der Waals surface area contributed by atoms with E-state index >= 15 is 0 Å². The van der Waals surface area contributed by atoms with Gasteiger partial charge in [0, 0.05) is 11.6 Å². The van der Waals surface area contributed by atoms with Gasteiger partial charge in [0.15, 0.2) is 6.10 Å². The number of hydrogen-bond donors (Lipinski definition) is 2. The molecule has 146 valence electrons. The summed E-state index contributed by atoms with van der Waals surface area (Å²) in [5.74, 6) is 0.548. The summed E-state index contributed by atoms with van der Waals surface area (Å²) in [7, 11) is 0. The Morgan fingerprint density at radius 1 is 1.17 bits per heavy atom. The van der Waals surface area contributed by atoms with Crippen molar-refractivity contribution in [1.82, 2.24) is 9.78 Å². The highest BCUT2D eigenvalue weighted by molar-refractivity contribution is 6.04. The number of anilines is 2. The van der Waals surface area contributed by atoms with Gasteiger partial charge in [-0.3, -0.25) is 9.59 Å². The lowest BCUT2D eigenvalue weighted by Crippen LogP contribution is -2.34. The molecule has 1 aliphatic heterocycles. The van der Waals surface area contributed by atoms with Gasteiger partial charge in [0.2, 0.25) is 0 Å². The van der Waals surface area contributed by atoms with Crippen molar-refractivity contribution < 1.29 is 14.3 Å². The second-order valence-electron chi connectivity index (χ2n) is 7.39. The van der Waals surface area contributed by atoms with Crippen molar-refractivity contribution in [3.05, 3.63) is 66.0 Å². The number of para-hydroxylation sites is 1. The van der Waals surface area contributed by atoms with E-state index in [9.17, 15) is 9.59 Å². The molecule has 5 rings (SSSR count). The molecule has 2 N–H and O–H groups in total. The zero-order valence-electron chi connectivity index (χ0n) is 15.9. The summed E-state index contributed by atoms with van der Waals surface area (Å²) >= 11 is 0. The number of hydrogen-bond acceptors (Lipinski definition) is 4. The molecular weight excluding hydrogens is 368 g/mol. The predicted octanol–water partition coefficient (Wildman–Crippen LogP) is 3.72. The van der Waals surface area contributed by atoms with Crippen molar-refractivity contribution in [2.75, 3.05) is 10.6 Å². The molecule has 0 bridgehead atoms. The molecule has 0 spiro atoms. The number of fused-ring (bicyclic) bond motifs is 1. The minimum absolute atomic E-state index is 0.211. The summed E-state index contributed by atoms with van der Waals surface area (Å²) < 4.78 is 7.25. The van der Waals surface area contributed by atoms with Gasteiger partial charge in [0.25, 0.3) is 11.8 Å². The summed E-state index contributed by atoms with van der Waals surface area (Å²) in [5, 5.41) is 10.4. The number of ether oxygens (including phenoxy) is 1. The van der Waals surface area contributed by atoms with E-state index in [1.165, 1.54) is 0 Å². The van der Waals surface area contributed by atoms with E-state index in [-0.39, 0.29) is 11.8 Å². The fraction of sp³-hybridized carbons (Fsp3) is 0.227. The zero-order valence-corrected chi connectivity index (χ0v) is 15.9. The van der Waals surface area contributed by atoms with Crippen LogP contribution in [0.1, 0.15) is 41.9 Å². The van der Waals surface area contributed by atoms with Gasteiger partial charge in [0.05, 0.1) is 17.1 Å². The second kappa shape index (κ2) is 6.77. The largest absolute Gasteiger partial charge is 0.479 e. The average molecular weight is 388 g/mol. The minimum atomic E-state index is -0.538. The lowest BCUT2D eigenvalue weighted by molar-refractivity contribution is -0.122. The van der Waals surface area contributed by atoms with Crippen LogP contribution in [0.3, 0.4) is 0 Å². The van der Waals surface area contributed by atoms with Crippen molar-refractivity contribution >= 4 is 23.2 Å². The van der Waals surface area contributed by atoms with Gasteiger partial charge in [0.1, 0.15) is 11.4 Å². The van der Waals surface area contributed by atoms with Gasteiger partial charge in [-0.15, -0.1) is 0 Å². The van der Waals surface area contributed by atoms with Crippen LogP contribution in [-0.4, -0.2) is 27.7 Å². The Kier molecular flexibility index (Phi) is 4.08. The summed E-state index contributed by atoms with van der Waals surface area (Å²) in [6.45, 7) is 1.69. The van der Waals surface area contributed by atoms with Gasteiger partial charge < -0.3 is 15.4 Å². The quantitative estimate of drug-likeness (QED) is 0.713. The molecule has 0 unspecified atom stereocenters. The monoisotopic (exact) mass is 388 g/mol. The Hall–Kier alpha value is -3.61. The van der Waals surface area contributed by atoms with Crippen molar-refractivity contribution in [3.8, 4) is 11.4 Å².